The van der Waals surface area contributed by atoms with Crippen LogP contribution in [0.3, 0.4) is 0 Å². The van der Waals surface area contributed by atoms with Gasteiger partial charge in [-0.3, -0.25) is 0 Å². The first-order valence-electron chi connectivity index (χ1n) is 16.9. The fraction of sp³-hybridized carbons (Fsp3) is 0. The summed E-state index contributed by atoms with van der Waals surface area (Å²) in [4.78, 5) is 2.40. The Balaban J connectivity index is 1.08. The predicted octanol–water partition coefficient (Wildman–Crippen LogP) is 13.6. The quantitative estimate of drug-likeness (QED) is 0.185. The maximum absolute atomic E-state index is 2.40. The highest BCUT2D eigenvalue weighted by Crippen LogP contribution is 2.51. The van der Waals surface area contributed by atoms with Gasteiger partial charge in [0.1, 0.15) is 0 Å². The molecular weight excluding hydrogens is 591 g/mol. The van der Waals surface area contributed by atoms with Gasteiger partial charge in [-0.2, -0.15) is 0 Å². The maximum Gasteiger partial charge on any atom is 0.0540 e. The second kappa shape index (κ2) is 11.1. The van der Waals surface area contributed by atoms with E-state index in [4.69, 9.17) is 0 Å². The van der Waals surface area contributed by atoms with Gasteiger partial charge in [0.05, 0.1) is 5.69 Å². The molecule has 0 unspecified atom stereocenters. The summed E-state index contributed by atoms with van der Waals surface area (Å²) >= 11 is 0. The van der Waals surface area contributed by atoms with E-state index in [-0.39, 0.29) is 0 Å². The topological polar surface area (TPSA) is 3.24 Å². The van der Waals surface area contributed by atoms with E-state index in [2.05, 4.69) is 193 Å². The van der Waals surface area contributed by atoms with Crippen molar-refractivity contribution >= 4 is 49.4 Å². The Bertz CT molecular complexity index is 2680. The summed E-state index contributed by atoms with van der Waals surface area (Å²) in [6.45, 7) is 0. The van der Waals surface area contributed by atoms with Gasteiger partial charge in [-0.15, -0.1) is 0 Å². The largest absolute Gasteiger partial charge is 0.310 e. The first kappa shape index (κ1) is 27.7. The van der Waals surface area contributed by atoms with Crippen LogP contribution < -0.4 is 4.90 Å². The van der Waals surface area contributed by atoms with Crippen LogP contribution >= 0.6 is 0 Å². The number of rotatable bonds is 5. The molecule has 0 saturated heterocycles. The van der Waals surface area contributed by atoms with Crippen molar-refractivity contribution in [2.24, 2.45) is 0 Å². The molecule has 0 amide bonds. The third-order valence-electron chi connectivity index (χ3n) is 10.1. The molecule has 228 valence electrons. The second-order valence-electron chi connectivity index (χ2n) is 13.0. The molecule has 1 heteroatoms. The van der Waals surface area contributed by atoms with Crippen LogP contribution in [-0.4, -0.2) is 0 Å². The highest BCUT2D eigenvalue weighted by atomic mass is 15.1. The molecule has 0 fully saturated rings. The Morgan fingerprint density at radius 1 is 0.265 bits per heavy atom. The highest BCUT2D eigenvalue weighted by Gasteiger charge is 2.24. The van der Waals surface area contributed by atoms with Gasteiger partial charge in [-0.25, -0.2) is 0 Å². The second-order valence-corrected chi connectivity index (χ2v) is 13.0. The summed E-state index contributed by atoms with van der Waals surface area (Å²) in [6.07, 6.45) is 0. The zero-order valence-electron chi connectivity index (χ0n) is 26.8. The van der Waals surface area contributed by atoms with E-state index in [0.717, 1.165) is 11.4 Å². The van der Waals surface area contributed by atoms with E-state index in [0.29, 0.717) is 0 Å². The number of nitrogens with zero attached hydrogens (tertiary/aromatic N) is 1. The Morgan fingerprint density at radius 2 is 0.755 bits per heavy atom. The number of hydrogen-bond acceptors (Lipinski definition) is 1. The lowest BCUT2D eigenvalue weighted by Gasteiger charge is -2.28. The Kier molecular flexibility index (Phi) is 6.25. The van der Waals surface area contributed by atoms with Crippen molar-refractivity contribution in [2.45, 2.75) is 0 Å². The van der Waals surface area contributed by atoms with Gasteiger partial charge in [0, 0.05) is 16.8 Å². The molecule has 9 aromatic rings. The number of hydrogen-bond donors (Lipinski definition) is 0. The van der Waals surface area contributed by atoms with E-state index >= 15 is 0 Å². The lowest BCUT2D eigenvalue weighted by molar-refractivity contribution is 1.30. The first-order valence-corrected chi connectivity index (χ1v) is 16.9. The maximum atomic E-state index is 2.40. The predicted molar refractivity (Wildman–Crippen MR) is 209 cm³/mol. The molecule has 49 heavy (non-hydrogen) atoms. The van der Waals surface area contributed by atoms with E-state index in [1.807, 2.05) is 0 Å². The van der Waals surface area contributed by atoms with Crippen LogP contribution in [0.5, 0.6) is 0 Å². The van der Waals surface area contributed by atoms with Gasteiger partial charge >= 0.3 is 0 Å². The summed E-state index contributed by atoms with van der Waals surface area (Å²) in [5.74, 6) is 0. The van der Waals surface area contributed by atoms with Crippen LogP contribution in [0.25, 0.3) is 76.8 Å². The van der Waals surface area contributed by atoms with Gasteiger partial charge in [-0.05, 0) is 132 Å². The highest BCUT2D eigenvalue weighted by molar-refractivity contribution is 6.12. The molecule has 0 spiro atoms. The van der Waals surface area contributed by atoms with Crippen molar-refractivity contribution in [3.63, 3.8) is 0 Å². The van der Waals surface area contributed by atoms with Crippen molar-refractivity contribution in [3.05, 3.63) is 188 Å². The van der Waals surface area contributed by atoms with Crippen molar-refractivity contribution < 1.29 is 0 Å². The molecule has 10 rings (SSSR count). The van der Waals surface area contributed by atoms with Crippen LogP contribution in [0.4, 0.5) is 17.1 Å². The van der Waals surface area contributed by atoms with Crippen LogP contribution in [0.15, 0.2) is 188 Å². The summed E-state index contributed by atoms with van der Waals surface area (Å²) in [6, 6.07) is 68.7. The summed E-state index contributed by atoms with van der Waals surface area (Å²) < 4.78 is 0. The third-order valence-corrected chi connectivity index (χ3v) is 10.1. The molecule has 1 aliphatic carbocycles. The molecule has 0 bridgehead atoms. The smallest absolute Gasteiger partial charge is 0.0540 e. The van der Waals surface area contributed by atoms with Crippen molar-refractivity contribution in [2.75, 3.05) is 4.90 Å². The zero-order valence-corrected chi connectivity index (χ0v) is 26.8. The molecule has 0 aromatic heterocycles. The normalized spacial score (nSPS) is 11.7. The standard InChI is InChI=1S/C48H31N/c1-3-10-32(11-4-1)34-20-23-41(24-21-34)49(48-17-9-15-35-14-7-8-16-43(35)48)42-25-22-38-29-45-46-30-39-26-36(33-12-5-2-6-13-33)18-19-37(39)28-44(46)47(45)31-40(38)27-42/h1-31H. The number of anilines is 3. The van der Waals surface area contributed by atoms with Crippen molar-refractivity contribution in [1.29, 1.82) is 0 Å². The number of fused-ring (bicyclic) bond motifs is 7. The lowest BCUT2D eigenvalue weighted by atomic mass is 9.77. The van der Waals surface area contributed by atoms with E-state index < -0.39 is 0 Å². The van der Waals surface area contributed by atoms with Crippen LogP contribution in [0.2, 0.25) is 0 Å². The third kappa shape index (κ3) is 4.63. The van der Waals surface area contributed by atoms with Crippen molar-refractivity contribution in [1.82, 2.24) is 0 Å². The molecule has 9 aromatic carbocycles. The van der Waals surface area contributed by atoms with Gasteiger partial charge < -0.3 is 4.90 Å². The van der Waals surface area contributed by atoms with E-state index in [1.54, 1.807) is 0 Å². The van der Waals surface area contributed by atoms with E-state index in [9.17, 15) is 0 Å². The molecule has 1 aliphatic rings. The summed E-state index contributed by atoms with van der Waals surface area (Å²) in [5.41, 5.74) is 13.7. The molecule has 0 aliphatic heterocycles. The van der Waals surface area contributed by atoms with Crippen molar-refractivity contribution in [3.8, 4) is 44.5 Å². The van der Waals surface area contributed by atoms with Gasteiger partial charge in [0.15, 0.2) is 0 Å². The Morgan fingerprint density at radius 3 is 1.45 bits per heavy atom. The molecule has 0 heterocycles. The summed E-state index contributed by atoms with van der Waals surface area (Å²) in [7, 11) is 0. The average molecular weight is 622 g/mol. The Hall–Kier alpha value is -6.44. The van der Waals surface area contributed by atoms with Crippen LogP contribution in [0, 0.1) is 0 Å². The molecule has 0 radical (unpaired) electrons. The van der Waals surface area contributed by atoms with E-state index in [1.165, 1.54) is 82.5 Å². The SMILES string of the molecule is c1ccc(-c2ccc(N(c3ccc4cc5c(cc4c3)-c3cc4ccc(-c6ccccc6)cc4cc3-5)c3cccc4ccccc34)cc2)cc1. The fourth-order valence-electron chi connectivity index (χ4n) is 7.63. The van der Waals surface area contributed by atoms with Crippen LogP contribution in [-0.2, 0) is 0 Å². The fourth-order valence-corrected chi connectivity index (χ4v) is 7.63. The minimum absolute atomic E-state index is 1.13. The molecule has 0 atom stereocenters. The van der Waals surface area contributed by atoms with Crippen LogP contribution in [0.1, 0.15) is 0 Å². The van der Waals surface area contributed by atoms with Gasteiger partial charge in [0.2, 0.25) is 0 Å². The first-order chi connectivity index (χ1) is 24.3. The minimum Gasteiger partial charge on any atom is -0.310 e. The van der Waals surface area contributed by atoms with Gasteiger partial charge in [0.25, 0.3) is 0 Å². The monoisotopic (exact) mass is 621 g/mol. The minimum atomic E-state index is 1.13. The number of benzene rings is 9. The summed E-state index contributed by atoms with van der Waals surface area (Å²) in [5, 5.41) is 7.51. The molecule has 0 N–H and O–H groups in total. The molecular formula is C48H31N. The lowest BCUT2D eigenvalue weighted by Crippen LogP contribution is -2.10. The van der Waals surface area contributed by atoms with Gasteiger partial charge in [-0.1, -0.05) is 127 Å². The Labute approximate surface area is 286 Å². The zero-order chi connectivity index (χ0) is 32.3. The molecule has 1 nitrogen and oxygen atoms in total. The average Bonchev–Trinajstić information content (AvgIpc) is 3.17. The molecule has 0 saturated carbocycles.